The number of carbonyl (C=O) groups is 1. The van der Waals surface area contributed by atoms with Crippen molar-refractivity contribution in [3.05, 3.63) is 62.8 Å². The number of hydrogen-bond donors (Lipinski definition) is 4. The summed E-state index contributed by atoms with van der Waals surface area (Å²) < 4.78 is 6.33. The van der Waals surface area contributed by atoms with Crippen LogP contribution in [-0.2, 0) is 22.4 Å². The van der Waals surface area contributed by atoms with Gasteiger partial charge in [0.25, 0.3) is 0 Å². The first-order valence-corrected chi connectivity index (χ1v) is 14.0. The molecule has 1 saturated heterocycles. The second kappa shape index (κ2) is 13.7. The summed E-state index contributed by atoms with van der Waals surface area (Å²) in [6.07, 6.45) is 3.94. The van der Waals surface area contributed by atoms with Crippen LogP contribution < -0.4 is 15.5 Å². The number of carbonyl (C=O) groups excluding carboxylic acids is 1. The Bertz CT molecular complexity index is 1220. The first-order valence-electron chi connectivity index (χ1n) is 13.2. The molecule has 4 N–H and O–H groups in total. The van der Waals surface area contributed by atoms with Crippen molar-refractivity contribution in [1.82, 2.24) is 20.5 Å². The van der Waals surface area contributed by atoms with E-state index in [0.29, 0.717) is 44.8 Å². The summed E-state index contributed by atoms with van der Waals surface area (Å²) in [6.45, 7) is 7.16. The van der Waals surface area contributed by atoms with Crippen LogP contribution >= 0.6 is 11.3 Å². The number of phenols is 1. The molecule has 0 aliphatic carbocycles. The highest BCUT2D eigenvalue weighted by Crippen LogP contribution is 2.27. The molecule has 3 aromatic rings. The number of aromatic hydroxyl groups is 1. The summed E-state index contributed by atoms with van der Waals surface area (Å²) in [6, 6.07) is 12.1. The zero-order valence-electron chi connectivity index (χ0n) is 21.6. The average molecular weight is 527 g/mol. The maximum Gasteiger partial charge on any atom is 0.305 e. The van der Waals surface area contributed by atoms with Crippen LogP contribution in [-0.4, -0.2) is 72.9 Å². The number of H-pyrrole nitrogens is 1. The number of aromatic amines is 1. The van der Waals surface area contributed by atoms with Gasteiger partial charge in [-0.1, -0.05) is 41.7 Å². The SMILES string of the molecule is Cc1ccccc1CCNCCC(=O)N(CCNCCc1ccc(O)c2[nH]c(=O)sc12)C1CCOCC1. The van der Waals surface area contributed by atoms with Gasteiger partial charge < -0.3 is 30.4 Å². The third-order valence-corrected chi connectivity index (χ3v) is 8.00. The van der Waals surface area contributed by atoms with E-state index < -0.39 is 0 Å². The number of fused-ring (bicyclic) bond motifs is 1. The number of thiazole rings is 1. The van der Waals surface area contributed by atoms with Gasteiger partial charge in [-0.3, -0.25) is 9.59 Å². The number of amides is 1. The minimum atomic E-state index is -0.166. The molecule has 9 heteroatoms. The van der Waals surface area contributed by atoms with E-state index in [-0.39, 0.29) is 22.6 Å². The fourth-order valence-electron chi connectivity index (χ4n) is 4.90. The minimum absolute atomic E-state index is 0.0975. The Morgan fingerprint density at radius 2 is 1.78 bits per heavy atom. The molecule has 0 atom stereocenters. The van der Waals surface area contributed by atoms with Crippen molar-refractivity contribution in [3.8, 4) is 5.75 Å². The number of rotatable bonds is 13. The highest BCUT2D eigenvalue weighted by molar-refractivity contribution is 7.16. The first kappa shape index (κ1) is 27.3. The molecular formula is C28H38N4O4S. The molecule has 1 aromatic heterocycles. The van der Waals surface area contributed by atoms with Gasteiger partial charge >= 0.3 is 4.87 Å². The number of aryl methyl sites for hydroxylation is 1. The average Bonchev–Trinajstić information content (AvgIpc) is 3.31. The molecule has 0 bridgehead atoms. The van der Waals surface area contributed by atoms with Crippen LogP contribution in [0.3, 0.4) is 0 Å². The molecule has 200 valence electrons. The highest BCUT2D eigenvalue weighted by Gasteiger charge is 2.25. The zero-order chi connectivity index (χ0) is 26.0. The number of aromatic nitrogens is 1. The molecule has 1 aliphatic rings. The largest absolute Gasteiger partial charge is 0.506 e. The number of nitrogens with one attached hydrogen (secondary N) is 3. The van der Waals surface area contributed by atoms with E-state index in [1.807, 2.05) is 11.0 Å². The molecule has 1 fully saturated rings. The predicted molar refractivity (Wildman–Crippen MR) is 149 cm³/mol. The van der Waals surface area contributed by atoms with Gasteiger partial charge in [0.1, 0.15) is 11.3 Å². The lowest BCUT2D eigenvalue weighted by Crippen LogP contribution is -2.47. The van der Waals surface area contributed by atoms with Crippen LogP contribution in [0.15, 0.2) is 41.2 Å². The van der Waals surface area contributed by atoms with Crippen molar-refractivity contribution in [3.63, 3.8) is 0 Å². The Morgan fingerprint density at radius 1 is 1.05 bits per heavy atom. The van der Waals surface area contributed by atoms with Crippen LogP contribution in [0.5, 0.6) is 5.75 Å². The van der Waals surface area contributed by atoms with E-state index >= 15 is 0 Å². The molecule has 2 aromatic carbocycles. The predicted octanol–water partition coefficient (Wildman–Crippen LogP) is 2.97. The second-order valence-corrected chi connectivity index (χ2v) is 10.6. The van der Waals surface area contributed by atoms with E-state index in [0.717, 1.165) is 60.4 Å². The number of benzene rings is 2. The molecule has 2 heterocycles. The van der Waals surface area contributed by atoms with Crippen LogP contribution in [0.4, 0.5) is 0 Å². The van der Waals surface area contributed by atoms with Crippen LogP contribution in [0, 0.1) is 6.92 Å². The van der Waals surface area contributed by atoms with Gasteiger partial charge in [0.2, 0.25) is 5.91 Å². The van der Waals surface area contributed by atoms with Crippen molar-refractivity contribution in [2.45, 2.75) is 45.1 Å². The molecule has 1 aliphatic heterocycles. The molecule has 0 saturated carbocycles. The number of nitrogens with zero attached hydrogens (tertiary/aromatic N) is 1. The third-order valence-electron chi connectivity index (χ3n) is 7.04. The molecule has 8 nitrogen and oxygen atoms in total. The maximum atomic E-state index is 13.2. The van der Waals surface area contributed by atoms with Crippen molar-refractivity contribution < 1.29 is 14.6 Å². The third kappa shape index (κ3) is 7.64. The lowest BCUT2D eigenvalue weighted by Gasteiger charge is -2.34. The molecule has 4 rings (SSSR count). The van der Waals surface area contributed by atoms with Crippen LogP contribution in [0.2, 0.25) is 0 Å². The Balaban J connectivity index is 1.22. The maximum absolute atomic E-state index is 13.2. The molecule has 0 spiro atoms. The number of phenolic OH excluding ortho intramolecular Hbond substituents is 1. The summed E-state index contributed by atoms with van der Waals surface area (Å²) in [7, 11) is 0. The van der Waals surface area contributed by atoms with Crippen molar-refractivity contribution in [2.24, 2.45) is 0 Å². The van der Waals surface area contributed by atoms with Crippen LogP contribution in [0.25, 0.3) is 10.2 Å². The second-order valence-electron chi connectivity index (χ2n) is 9.57. The van der Waals surface area contributed by atoms with E-state index in [9.17, 15) is 14.7 Å². The summed E-state index contributed by atoms with van der Waals surface area (Å²) in [4.78, 5) is 29.5. The fraction of sp³-hybridized carbons (Fsp3) is 0.500. The first-order chi connectivity index (χ1) is 18.0. The lowest BCUT2D eigenvalue weighted by molar-refractivity contribution is -0.135. The van der Waals surface area contributed by atoms with E-state index in [1.165, 1.54) is 11.1 Å². The zero-order valence-corrected chi connectivity index (χ0v) is 22.4. The quantitative estimate of drug-likeness (QED) is 0.255. The summed E-state index contributed by atoms with van der Waals surface area (Å²) >= 11 is 1.13. The normalized spacial score (nSPS) is 14.3. The number of ether oxygens (including phenoxy) is 1. The van der Waals surface area contributed by atoms with Gasteiger partial charge in [-0.25, -0.2) is 0 Å². The Hall–Kier alpha value is -2.72. The Labute approximate surface area is 222 Å². The van der Waals surface area contributed by atoms with Gasteiger partial charge in [0.15, 0.2) is 0 Å². The molecule has 1 amide bonds. The van der Waals surface area contributed by atoms with E-state index in [2.05, 4.69) is 46.8 Å². The van der Waals surface area contributed by atoms with Gasteiger partial charge in [-0.15, -0.1) is 0 Å². The van der Waals surface area contributed by atoms with Gasteiger partial charge in [0, 0.05) is 45.3 Å². The standard InChI is InChI=1S/C28H38N4O4S/c1-20-4-2-3-5-21(20)8-13-29-15-10-25(34)32(23-11-18-36-19-12-23)17-16-30-14-9-22-6-7-24(33)26-27(22)37-28(35)31-26/h2-7,23,29-30,33H,8-19H2,1H3,(H,31,35). The topological polar surface area (TPSA) is 107 Å². The summed E-state index contributed by atoms with van der Waals surface area (Å²) in [5.41, 5.74) is 4.18. The summed E-state index contributed by atoms with van der Waals surface area (Å²) in [5, 5.41) is 16.9. The smallest absolute Gasteiger partial charge is 0.305 e. The monoisotopic (exact) mass is 526 g/mol. The lowest BCUT2D eigenvalue weighted by atomic mass is 10.1. The number of hydrogen-bond acceptors (Lipinski definition) is 7. The Kier molecular flexibility index (Phi) is 10.1. The highest BCUT2D eigenvalue weighted by atomic mass is 32.1. The summed E-state index contributed by atoms with van der Waals surface area (Å²) in [5.74, 6) is 0.287. The van der Waals surface area contributed by atoms with Crippen LogP contribution in [0.1, 0.15) is 36.0 Å². The van der Waals surface area contributed by atoms with Gasteiger partial charge in [-0.2, -0.15) is 0 Å². The van der Waals surface area contributed by atoms with Crippen molar-refractivity contribution in [2.75, 3.05) is 45.9 Å². The van der Waals surface area contributed by atoms with Crippen molar-refractivity contribution in [1.29, 1.82) is 0 Å². The van der Waals surface area contributed by atoms with E-state index in [1.54, 1.807) is 6.07 Å². The van der Waals surface area contributed by atoms with E-state index in [4.69, 9.17) is 4.74 Å². The fourth-order valence-corrected chi connectivity index (χ4v) is 5.80. The molecule has 0 unspecified atom stereocenters. The molecule has 0 radical (unpaired) electrons. The Morgan fingerprint density at radius 3 is 2.57 bits per heavy atom. The molecule has 37 heavy (non-hydrogen) atoms. The van der Waals surface area contributed by atoms with Gasteiger partial charge in [-0.05, 0) is 68.5 Å². The molecular weight excluding hydrogens is 488 g/mol. The minimum Gasteiger partial charge on any atom is -0.506 e. The van der Waals surface area contributed by atoms with Gasteiger partial charge in [0.05, 0.1) is 4.70 Å². The van der Waals surface area contributed by atoms with Crippen molar-refractivity contribution >= 4 is 27.5 Å².